The lowest BCUT2D eigenvalue weighted by molar-refractivity contribution is -0.181. The molecule has 8 heteroatoms. The Morgan fingerprint density at radius 2 is 1.78 bits per heavy atom. The molecule has 1 heterocycles. The van der Waals surface area contributed by atoms with Gasteiger partial charge in [0.05, 0.1) is 12.1 Å². The number of ether oxygens (including phenoxy) is 1. The number of hydrogen-bond donors (Lipinski definition) is 1. The van der Waals surface area contributed by atoms with Gasteiger partial charge in [-0.25, -0.2) is 0 Å². The molecule has 1 atom stereocenters. The van der Waals surface area contributed by atoms with E-state index in [0.29, 0.717) is 39.3 Å². The van der Waals surface area contributed by atoms with Gasteiger partial charge in [0.2, 0.25) is 0 Å². The summed E-state index contributed by atoms with van der Waals surface area (Å²) in [6, 6.07) is -1.41. The number of nitrogens with one attached hydrogen (secondary N) is 1. The summed E-state index contributed by atoms with van der Waals surface area (Å²) in [4.78, 5) is 8.04. The maximum atomic E-state index is 12.8. The molecular formula is C15H29F3N4O. The molecule has 0 bridgehead atoms. The van der Waals surface area contributed by atoms with Crippen LogP contribution in [0.1, 0.15) is 27.7 Å². The summed E-state index contributed by atoms with van der Waals surface area (Å²) in [5.41, 5.74) is -0.368. The zero-order chi connectivity index (χ0) is 17.7. The number of guanidine groups is 1. The Morgan fingerprint density at radius 1 is 1.22 bits per heavy atom. The van der Waals surface area contributed by atoms with Crippen LogP contribution in [-0.2, 0) is 4.74 Å². The average molecular weight is 338 g/mol. The molecule has 1 aliphatic rings. The van der Waals surface area contributed by atoms with E-state index in [1.165, 1.54) is 11.8 Å². The van der Waals surface area contributed by atoms with Crippen LogP contribution in [0.2, 0.25) is 0 Å². The second-order valence-corrected chi connectivity index (χ2v) is 6.37. The van der Waals surface area contributed by atoms with Crippen molar-refractivity contribution in [1.29, 1.82) is 0 Å². The summed E-state index contributed by atoms with van der Waals surface area (Å²) in [7, 11) is 1.64. The van der Waals surface area contributed by atoms with Crippen LogP contribution in [0.15, 0.2) is 4.99 Å². The lowest BCUT2D eigenvalue weighted by atomic mass is 10.1. The molecule has 0 aromatic carbocycles. The van der Waals surface area contributed by atoms with Gasteiger partial charge in [0.1, 0.15) is 6.04 Å². The van der Waals surface area contributed by atoms with Crippen LogP contribution in [0.4, 0.5) is 13.2 Å². The van der Waals surface area contributed by atoms with Crippen LogP contribution in [0.3, 0.4) is 0 Å². The third-order valence-corrected chi connectivity index (χ3v) is 4.13. The molecule has 1 rings (SSSR count). The minimum Gasteiger partial charge on any atom is -0.377 e. The molecule has 0 saturated carbocycles. The summed E-state index contributed by atoms with van der Waals surface area (Å²) in [5, 5.41) is 3.20. The monoisotopic (exact) mass is 338 g/mol. The van der Waals surface area contributed by atoms with Gasteiger partial charge in [0, 0.05) is 39.8 Å². The number of alkyl halides is 3. The molecule has 0 aromatic rings. The first kappa shape index (κ1) is 20.0. The third-order valence-electron chi connectivity index (χ3n) is 4.13. The molecule has 23 heavy (non-hydrogen) atoms. The first-order chi connectivity index (χ1) is 10.6. The van der Waals surface area contributed by atoms with E-state index in [4.69, 9.17) is 4.74 Å². The van der Waals surface area contributed by atoms with Crippen molar-refractivity contribution in [3.8, 4) is 0 Å². The quantitative estimate of drug-likeness (QED) is 0.614. The first-order valence-electron chi connectivity index (χ1n) is 8.00. The predicted molar refractivity (Wildman–Crippen MR) is 85.7 cm³/mol. The zero-order valence-corrected chi connectivity index (χ0v) is 14.7. The summed E-state index contributed by atoms with van der Waals surface area (Å²) in [6.45, 7) is 10.1. The molecule has 5 nitrogen and oxygen atoms in total. The molecule has 1 unspecified atom stereocenters. The fraction of sp³-hybridized carbons (Fsp3) is 0.933. The molecular weight excluding hydrogens is 309 g/mol. The van der Waals surface area contributed by atoms with E-state index >= 15 is 0 Å². The van der Waals surface area contributed by atoms with E-state index in [2.05, 4.69) is 10.3 Å². The average Bonchev–Trinajstić information content (AvgIpc) is 2.50. The Hall–Kier alpha value is -1.02. The SMILES string of the molecule is CCNC(=NCC(C)(C)OC)N1CCN(C(C)C(F)(F)F)CC1. The van der Waals surface area contributed by atoms with Gasteiger partial charge in [0.15, 0.2) is 5.96 Å². The van der Waals surface area contributed by atoms with Gasteiger partial charge >= 0.3 is 6.18 Å². The first-order valence-corrected chi connectivity index (χ1v) is 8.00. The summed E-state index contributed by atoms with van der Waals surface area (Å²) in [6.07, 6.45) is -4.18. The van der Waals surface area contributed by atoms with Crippen LogP contribution in [0, 0.1) is 0 Å². The van der Waals surface area contributed by atoms with Crippen LogP contribution in [-0.4, -0.2) is 80.0 Å². The highest BCUT2D eigenvalue weighted by Crippen LogP contribution is 2.25. The van der Waals surface area contributed by atoms with Gasteiger partial charge in [-0.1, -0.05) is 0 Å². The minimum atomic E-state index is -4.18. The highest BCUT2D eigenvalue weighted by atomic mass is 19.4. The summed E-state index contributed by atoms with van der Waals surface area (Å²) >= 11 is 0. The van der Waals surface area contributed by atoms with Crippen molar-refractivity contribution >= 4 is 5.96 Å². The second kappa shape index (κ2) is 8.19. The maximum Gasteiger partial charge on any atom is 0.403 e. The van der Waals surface area contributed by atoms with Crippen molar-refractivity contribution < 1.29 is 17.9 Å². The molecule has 1 fully saturated rings. The predicted octanol–water partition coefficient (Wildman–Crippen LogP) is 1.95. The minimum absolute atomic E-state index is 0.368. The molecule has 1 aliphatic heterocycles. The molecule has 1 N–H and O–H groups in total. The molecule has 0 amide bonds. The zero-order valence-electron chi connectivity index (χ0n) is 14.7. The van der Waals surface area contributed by atoms with Crippen molar-refractivity contribution in [2.24, 2.45) is 4.99 Å². The van der Waals surface area contributed by atoms with Crippen LogP contribution in [0.25, 0.3) is 0 Å². The number of halogens is 3. The lowest BCUT2D eigenvalue weighted by Gasteiger charge is -2.39. The number of aliphatic imine (C=N–C) groups is 1. The Kier molecular flexibility index (Phi) is 7.13. The highest BCUT2D eigenvalue weighted by Gasteiger charge is 2.41. The molecule has 0 aliphatic carbocycles. The third kappa shape index (κ3) is 6.18. The number of nitrogens with zero attached hydrogens (tertiary/aromatic N) is 3. The van der Waals surface area contributed by atoms with E-state index in [1.807, 2.05) is 25.7 Å². The Labute approximate surface area is 136 Å². The van der Waals surface area contributed by atoms with E-state index in [-0.39, 0.29) is 5.60 Å². The van der Waals surface area contributed by atoms with Crippen molar-refractivity contribution in [1.82, 2.24) is 15.1 Å². The Morgan fingerprint density at radius 3 is 2.22 bits per heavy atom. The van der Waals surface area contributed by atoms with E-state index < -0.39 is 12.2 Å². The Balaban J connectivity index is 2.65. The van der Waals surface area contributed by atoms with Gasteiger partial charge in [-0.15, -0.1) is 0 Å². The van der Waals surface area contributed by atoms with Crippen molar-refractivity contribution in [3.63, 3.8) is 0 Å². The normalized spacial score (nSPS) is 19.8. The Bertz CT molecular complexity index is 391. The largest absolute Gasteiger partial charge is 0.403 e. The highest BCUT2D eigenvalue weighted by molar-refractivity contribution is 5.80. The molecule has 136 valence electrons. The number of methoxy groups -OCH3 is 1. The summed E-state index contributed by atoms with van der Waals surface area (Å²) < 4.78 is 43.7. The van der Waals surface area contributed by atoms with Gasteiger partial charge in [-0.3, -0.25) is 9.89 Å². The molecule has 1 saturated heterocycles. The molecule has 0 spiro atoms. The maximum absolute atomic E-state index is 12.8. The summed E-state index contributed by atoms with van der Waals surface area (Å²) in [5.74, 6) is 0.733. The topological polar surface area (TPSA) is 40.1 Å². The van der Waals surface area contributed by atoms with Crippen molar-refractivity contribution in [2.75, 3.05) is 46.4 Å². The van der Waals surface area contributed by atoms with Crippen LogP contribution in [0.5, 0.6) is 0 Å². The molecule has 0 radical (unpaired) electrons. The second-order valence-electron chi connectivity index (χ2n) is 6.37. The fourth-order valence-electron chi connectivity index (χ4n) is 2.28. The van der Waals surface area contributed by atoms with E-state index in [0.717, 1.165) is 5.96 Å². The fourth-order valence-corrected chi connectivity index (χ4v) is 2.28. The molecule has 0 aromatic heterocycles. The van der Waals surface area contributed by atoms with Gasteiger partial charge in [0.25, 0.3) is 0 Å². The van der Waals surface area contributed by atoms with Crippen molar-refractivity contribution in [2.45, 2.75) is 45.5 Å². The van der Waals surface area contributed by atoms with Crippen LogP contribution < -0.4 is 5.32 Å². The number of rotatable bonds is 5. The standard InChI is InChI=1S/C15H29F3N4O/c1-6-19-13(20-11-14(3,4)23-5)22-9-7-21(8-10-22)12(2)15(16,17)18/h12H,6-11H2,1-5H3,(H,19,20). The van der Waals surface area contributed by atoms with Crippen molar-refractivity contribution in [3.05, 3.63) is 0 Å². The number of piperazine rings is 1. The van der Waals surface area contributed by atoms with Gasteiger partial charge < -0.3 is 15.0 Å². The lowest BCUT2D eigenvalue weighted by Crippen LogP contribution is -2.57. The van der Waals surface area contributed by atoms with Crippen LogP contribution >= 0.6 is 0 Å². The number of hydrogen-bond acceptors (Lipinski definition) is 3. The van der Waals surface area contributed by atoms with E-state index in [1.54, 1.807) is 7.11 Å². The smallest absolute Gasteiger partial charge is 0.377 e. The van der Waals surface area contributed by atoms with Gasteiger partial charge in [-0.05, 0) is 27.7 Å². The van der Waals surface area contributed by atoms with Gasteiger partial charge in [-0.2, -0.15) is 13.2 Å². The van der Waals surface area contributed by atoms with E-state index in [9.17, 15) is 13.2 Å².